The van der Waals surface area contributed by atoms with E-state index in [2.05, 4.69) is 4.90 Å². The Morgan fingerprint density at radius 1 is 1.06 bits per heavy atom. The first-order valence-corrected chi connectivity index (χ1v) is 11.4. The van der Waals surface area contributed by atoms with Crippen LogP contribution < -0.4 is 9.47 Å². The van der Waals surface area contributed by atoms with Crippen molar-refractivity contribution < 1.29 is 14.3 Å². The lowest BCUT2D eigenvalue weighted by atomic mass is 10.1. The number of benzene rings is 2. The van der Waals surface area contributed by atoms with Gasteiger partial charge in [-0.25, -0.2) is 4.68 Å². The number of para-hydroxylation sites is 1. The minimum absolute atomic E-state index is 0.161. The fourth-order valence-corrected chi connectivity index (χ4v) is 4.88. The van der Waals surface area contributed by atoms with Gasteiger partial charge in [0.1, 0.15) is 0 Å². The van der Waals surface area contributed by atoms with Gasteiger partial charge in [0.05, 0.1) is 17.8 Å². The number of hydrogen-bond donors (Lipinski definition) is 0. The number of hydrogen-bond acceptors (Lipinski definition) is 4. The smallest absolute Gasteiger partial charge is 0.231 e. The minimum atomic E-state index is 0.161. The molecule has 2 aliphatic rings. The molecule has 0 bridgehead atoms. The summed E-state index contributed by atoms with van der Waals surface area (Å²) in [5.41, 5.74) is 5.04. The lowest BCUT2D eigenvalue weighted by Gasteiger charge is -2.29. The van der Waals surface area contributed by atoms with Crippen LogP contribution in [0.3, 0.4) is 0 Å². The maximum Gasteiger partial charge on any atom is 0.231 e. The van der Waals surface area contributed by atoms with E-state index in [4.69, 9.17) is 14.6 Å². The van der Waals surface area contributed by atoms with Crippen molar-refractivity contribution >= 4 is 5.91 Å². The monoisotopic (exact) mass is 431 g/mol. The number of carbonyl (C=O) groups is 1. The first kappa shape index (κ1) is 20.6. The van der Waals surface area contributed by atoms with Crippen LogP contribution in [0.1, 0.15) is 48.2 Å². The molecule has 166 valence electrons. The average molecular weight is 432 g/mol. The molecule has 0 N–H and O–H groups in total. The Balaban J connectivity index is 1.39. The molecule has 0 atom stereocenters. The number of aromatic nitrogens is 2. The molecular formula is C26H29N3O3. The third-order valence-corrected chi connectivity index (χ3v) is 6.65. The summed E-state index contributed by atoms with van der Waals surface area (Å²) in [4.78, 5) is 15.7. The second kappa shape index (κ2) is 8.69. The Morgan fingerprint density at radius 2 is 1.81 bits per heavy atom. The molecule has 6 heteroatoms. The molecule has 1 amide bonds. The fraction of sp³-hybridized carbons (Fsp3) is 0.385. The van der Waals surface area contributed by atoms with Gasteiger partial charge in [-0.15, -0.1) is 0 Å². The molecule has 0 radical (unpaired) electrons. The van der Waals surface area contributed by atoms with E-state index in [1.165, 1.54) is 12.8 Å². The van der Waals surface area contributed by atoms with Crippen molar-refractivity contribution in [3.05, 3.63) is 71.0 Å². The number of carbonyl (C=O) groups excluding carboxylic acids is 1. The van der Waals surface area contributed by atoms with Gasteiger partial charge in [0.25, 0.3) is 0 Å². The van der Waals surface area contributed by atoms with Gasteiger partial charge >= 0.3 is 0 Å². The molecule has 1 aromatic heterocycles. The van der Waals surface area contributed by atoms with E-state index in [0.717, 1.165) is 52.5 Å². The zero-order valence-electron chi connectivity index (χ0n) is 18.7. The molecule has 0 unspecified atom stereocenters. The number of rotatable bonds is 6. The van der Waals surface area contributed by atoms with Gasteiger partial charge in [0, 0.05) is 23.8 Å². The van der Waals surface area contributed by atoms with Crippen LogP contribution in [0.2, 0.25) is 0 Å². The Kier molecular flexibility index (Phi) is 5.60. The van der Waals surface area contributed by atoms with Gasteiger partial charge in [-0.3, -0.25) is 4.79 Å². The molecule has 3 aromatic rings. The summed E-state index contributed by atoms with van der Waals surface area (Å²) < 4.78 is 12.9. The highest BCUT2D eigenvalue weighted by atomic mass is 16.7. The lowest BCUT2D eigenvalue weighted by Crippen LogP contribution is -2.39. The minimum Gasteiger partial charge on any atom is -0.454 e. The highest BCUT2D eigenvalue weighted by Crippen LogP contribution is 2.34. The summed E-state index contributed by atoms with van der Waals surface area (Å²) >= 11 is 0. The topological polar surface area (TPSA) is 56.6 Å². The summed E-state index contributed by atoms with van der Waals surface area (Å²) in [6.07, 6.45) is 4.86. The summed E-state index contributed by atoms with van der Waals surface area (Å²) in [6, 6.07) is 16.3. The van der Waals surface area contributed by atoms with Gasteiger partial charge in [0.15, 0.2) is 11.5 Å². The molecule has 0 spiro atoms. The SMILES string of the molecule is Cc1nn(-c2ccccc2)c(C)c1CC(=O)N(Cc1ccc2c(c1)OCO2)C1CCCC1. The second-order valence-corrected chi connectivity index (χ2v) is 8.72. The Labute approximate surface area is 188 Å². The summed E-state index contributed by atoms with van der Waals surface area (Å²) in [5, 5.41) is 4.73. The quantitative estimate of drug-likeness (QED) is 0.566. The molecule has 5 rings (SSSR count). The van der Waals surface area contributed by atoms with E-state index < -0.39 is 0 Å². The van der Waals surface area contributed by atoms with Crippen LogP contribution in [0.5, 0.6) is 11.5 Å². The Hall–Kier alpha value is -3.28. The molecular weight excluding hydrogens is 402 g/mol. The zero-order valence-corrected chi connectivity index (χ0v) is 18.7. The number of fused-ring (bicyclic) bond motifs is 1. The standard InChI is InChI=1S/C26H29N3O3/c1-18-23(19(2)29(27-18)22-10-4-3-5-11-22)15-26(30)28(21-8-6-7-9-21)16-20-12-13-24-25(14-20)32-17-31-24/h3-5,10-14,21H,6-9,15-17H2,1-2H3. The van der Waals surface area contributed by atoms with E-state index in [1.807, 2.05) is 67.1 Å². The van der Waals surface area contributed by atoms with Crippen LogP contribution in [-0.2, 0) is 17.8 Å². The van der Waals surface area contributed by atoms with Crippen LogP contribution in [0.15, 0.2) is 48.5 Å². The highest BCUT2D eigenvalue weighted by molar-refractivity contribution is 5.80. The van der Waals surface area contributed by atoms with Crippen molar-refractivity contribution in [3.8, 4) is 17.2 Å². The maximum atomic E-state index is 13.6. The Morgan fingerprint density at radius 3 is 2.59 bits per heavy atom. The van der Waals surface area contributed by atoms with Crippen LogP contribution in [0.25, 0.3) is 5.69 Å². The van der Waals surface area contributed by atoms with E-state index in [9.17, 15) is 4.79 Å². The van der Waals surface area contributed by atoms with Crippen molar-refractivity contribution in [1.82, 2.24) is 14.7 Å². The van der Waals surface area contributed by atoms with E-state index in [1.54, 1.807) is 0 Å². The molecule has 2 heterocycles. The normalized spacial score (nSPS) is 15.3. The zero-order chi connectivity index (χ0) is 22.1. The fourth-order valence-electron chi connectivity index (χ4n) is 4.88. The van der Waals surface area contributed by atoms with Crippen molar-refractivity contribution in [2.45, 2.75) is 58.5 Å². The molecule has 1 aliphatic heterocycles. The third kappa shape index (κ3) is 3.97. The van der Waals surface area contributed by atoms with Crippen LogP contribution in [-0.4, -0.2) is 33.4 Å². The molecule has 1 fully saturated rings. The summed E-state index contributed by atoms with van der Waals surface area (Å²) in [7, 11) is 0. The average Bonchev–Trinajstić information content (AvgIpc) is 3.55. The largest absolute Gasteiger partial charge is 0.454 e. The van der Waals surface area contributed by atoms with Gasteiger partial charge in [-0.1, -0.05) is 37.1 Å². The van der Waals surface area contributed by atoms with Crippen molar-refractivity contribution in [1.29, 1.82) is 0 Å². The third-order valence-electron chi connectivity index (χ3n) is 6.65. The van der Waals surface area contributed by atoms with Crippen LogP contribution >= 0.6 is 0 Å². The van der Waals surface area contributed by atoms with Crippen molar-refractivity contribution in [2.24, 2.45) is 0 Å². The second-order valence-electron chi connectivity index (χ2n) is 8.72. The van der Waals surface area contributed by atoms with E-state index in [0.29, 0.717) is 13.0 Å². The number of aryl methyl sites for hydroxylation is 1. The van der Waals surface area contributed by atoms with Crippen molar-refractivity contribution in [3.63, 3.8) is 0 Å². The Bertz CT molecular complexity index is 1120. The summed E-state index contributed by atoms with van der Waals surface area (Å²) in [6.45, 7) is 4.89. The molecule has 2 aromatic carbocycles. The van der Waals surface area contributed by atoms with E-state index >= 15 is 0 Å². The van der Waals surface area contributed by atoms with Crippen LogP contribution in [0.4, 0.5) is 0 Å². The summed E-state index contributed by atoms with van der Waals surface area (Å²) in [5.74, 6) is 1.69. The van der Waals surface area contributed by atoms with Gasteiger partial charge in [0.2, 0.25) is 12.7 Å². The molecule has 6 nitrogen and oxygen atoms in total. The molecule has 1 saturated carbocycles. The highest BCUT2D eigenvalue weighted by Gasteiger charge is 2.29. The van der Waals surface area contributed by atoms with E-state index in [-0.39, 0.29) is 18.7 Å². The molecule has 1 aliphatic carbocycles. The molecule has 32 heavy (non-hydrogen) atoms. The van der Waals surface area contributed by atoms with Crippen molar-refractivity contribution in [2.75, 3.05) is 6.79 Å². The maximum absolute atomic E-state index is 13.6. The predicted octanol–water partition coefficient (Wildman–Crippen LogP) is 4.73. The van der Waals surface area contributed by atoms with Gasteiger partial charge in [-0.2, -0.15) is 5.10 Å². The van der Waals surface area contributed by atoms with Gasteiger partial charge in [-0.05, 0) is 56.5 Å². The van der Waals surface area contributed by atoms with Crippen LogP contribution in [0, 0.1) is 13.8 Å². The van der Waals surface area contributed by atoms with Gasteiger partial charge < -0.3 is 14.4 Å². The number of amides is 1. The lowest BCUT2D eigenvalue weighted by molar-refractivity contribution is -0.133. The molecule has 0 saturated heterocycles. The number of ether oxygens (including phenoxy) is 2. The first-order valence-electron chi connectivity index (χ1n) is 11.4. The number of nitrogens with zero attached hydrogens (tertiary/aromatic N) is 3. The predicted molar refractivity (Wildman–Crippen MR) is 122 cm³/mol. The first-order chi connectivity index (χ1) is 15.6.